The molecule has 0 saturated heterocycles. The fraction of sp³-hybridized carbons (Fsp3) is 0.357. The summed E-state index contributed by atoms with van der Waals surface area (Å²) in [6.07, 6.45) is 0. The molecular formula is C14H17ClN2. The first-order valence-corrected chi connectivity index (χ1v) is 6.18. The van der Waals surface area contributed by atoms with Crippen molar-refractivity contribution >= 4 is 22.6 Å². The molecule has 0 saturated carbocycles. The Bertz CT molecular complexity index is 567. The molecule has 1 aromatic heterocycles. The minimum atomic E-state index is -0.0953. The third kappa shape index (κ3) is 2.37. The molecule has 0 fully saturated rings. The van der Waals surface area contributed by atoms with E-state index in [1.165, 1.54) is 5.56 Å². The van der Waals surface area contributed by atoms with Crippen LogP contribution < -0.4 is 0 Å². The SMILES string of the molecule is C=C(C)Cn1c(C(C)Cl)nc2cc(C)ccc21. The summed E-state index contributed by atoms with van der Waals surface area (Å²) in [6, 6.07) is 6.29. The number of benzene rings is 1. The van der Waals surface area contributed by atoms with Gasteiger partial charge in [-0.05, 0) is 38.5 Å². The zero-order valence-corrected chi connectivity index (χ0v) is 11.3. The number of halogens is 1. The van der Waals surface area contributed by atoms with E-state index in [1.54, 1.807) is 0 Å². The average Bonchev–Trinajstić information content (AvgIpc) is 2.55. The molecule has 0 amide bonds. The minimum absolute atomic E-state index is 0.0953. The summed E-state index contributed by atoms with van der Waals surface area (Å²) in [5.41, 5.74) is 4.45. The van der Waals surface area contributed by atoms with Gasteiger partial charge >= 0.3 is 0 Å². The maximum Gasteiger partial charge on any atom is 0.128 e. The molecule has 1 aromatic carbocycles. The first kappa shape index (κ1) is 12.2. The smallest absolute Gasteiger partial charge is 0.128 e. The Kier molecular flexibility index (Phi) is 3.25. The molecular weight excluding hydrogens is 232 g/mol. The van der Waals surface area contributed by atoms with Crippen molar-refractivity contribution in [3.63, 3.8) is 0 Å². The predicted molar refractivity (Wildman–Crippen MR) is 73.6 cm³/mol. The molecule has 0 bridgehead atoms. The molecule has 3 heteroatoms. The molecule has 0 N–H and O–H groups in total. The summed E-state index contributed by atoms with van der Waals surface area (Å²) in [5, 5.41) is -0.0953. The summed E-state index contributed by atoms with van der Waals surface area (Å²) in [5.74, 6) is 0.912. The lowest BCUT2D eigenvalue weighted by atomic mass is 10.2. The van der Waals surface area contributed by atoms with Crippen LogP contribution in [-0.4, -0.2) is 9.55 Å². The standard InChI is InChI=1S/C14H17ClN2/c1-9(2)8-17-13-6-5-10(3)7-12(13)16-14(17)11(4)15/h5-7,11H,1,8H2,2-4H3. The number of nitrogens with zero attached hydrogens (tertiary/aromatic N) is 2. The number of allylic oxidation sites excluding steroid dienone is 1. The van der Waals surface area contributed by atoms with E-state index >= 15 is 0 Å². The van der Waals surface area contributed by atoms with Crippen molar-refractivity contribution < 1.29 is 0 Å². The van der Waals surface area contributed by atoms with Gasteiger partial charge in [-0.25, -0.2) is 4.98 Å². The lowest BCUT2D eigenvalue weighted by Crippen LogP contribution is -2.05. The van der Waals surface area contributed by atoms with Gasteiger partial charge in [0, 0.05) is 6.54 Å². The molecule has 2 rings (SSSR count). The summed E-state index contributed by atoms with van der Waals surface area (Å²) in [4.78, 5) is 4.62. The summed E-state index contributed by atoms with van der Waals surface area (Å²) in [6.45, 7) is 10.8. The van der Waals surface area contributed by atoms with E-state index in [1.807, 2.05) is 13.8 Å². The van der Waals surface area contributed by atoms with Gasteiger partial charge in [0.05, 0.1) is 16.4 Å². The van der Waals surface area contributed by atoms with Gasteiger partial charge < -0.3 is 4.57 Å². The highest BCUT2D eigenvalue weighted by atomic mass is 35.5. The molecule has 90 valence electrons. The number of fused-ring (bicyclic) bond motifs is 1. The Morgan fingerprint density at radius 3 is 2.82 bits per heavy atom. The van der Waals surface area contributed by atoms with Gasteiger partial charge in [0.25, 0.3) is 0 Å². The van der Waals surface area contributed by atoms with Crippen LogP contribution in [0.15, 0.2) is 30.4 Å². The van der Waals surface area contributed by atoms with Crippen molar-refractivity contribution in [2.24, 2.45) is 0 Å². The van der Waals surface area contributed by atoms with Crippen molar-refractivity contribution in [1.82, 2.24) is 9.55 Å². The van der Waals surface area contributed by atoms with E-state index in [-0.39, 0.29) is 5.38 Å². The summed E-state index contributed by atoms with van der Waals surface area (Å²) in [7, 11) is 0. The topological polar surface area (TPSA) is 17.8 Å². The number of aromatic nitrogens is 2. The highest BCUT2D eigenvalue weighted by Crippen LogP contribution is 2.25. The Hall–Kier alpha value is -1.28. The Labute approximate surface area is 107 Å². The molecule has 0 radical (unpaired) electrons. The van der Waals surface area contributed by atoms with E-state index in [0.717, 1.165) is 29.0 Å². The number of rotatable bonds is 3. The van der Waals surface area contributed by atoms with Crippen molar-refractivity contribution in [3.8, 4) is 0 Å². The van der Waals surface area contributed by atoms with Crippen molar-refractivity contribution in [2.45, 2.75) is 32.7 Å². The van der Waals surface area contributed by atoms with E-state index < -0.39 is 0 Å². The molecule has 0 aliphatic rings. The first-order chi connectivity index (χ1) is 7.99. The van der Waals surface area contributed by atoms with Crippen molar-refractivity contribution in [1.29, 1.82) is 0 Å². The van der Waals surface area contributed by atoms with E-state index in [2.05, 4.69) is 41.3 Å². The number of alkyl halides is 1. The third-order valence-electron chi connectivity index (χ3n) is 2.72. The van der Waals surface area contributed by atoms with Crippen LogP contribution in [0.1, 0.15) is 30.6 Å². The van der Waals surface area contributed by atoms with E-state index in [9.17, 15) is 0 Å². The zero-order valence-electron chi connectivity index (χ0n) is 10.5. The fourth-order valence-electron chi connectivity index (χ4n) is 2.00. The van der Waals surface area contributed by atoms with Crippen LogP contribution in [0.5, 0.6) is 0 Å². The van der Waals surface area contributed by atoms with Gasteiger partial charge in [-0.2, -0.15) is 0 Å². The molecule has 2 nitrogen and oxygen atoms in total. The van der Waals surface area contributed by atoms with Crippen LogP contribution >= 0.6 is 11.6 Å². The maximum absolute atomic E-state index is 6.19. The largest absolute Gasteiger partial charge is 0.323 e. The second-order valence-electron chi connectivity index (χ2n) is 4.62. The number of hydrogen-bond acceptors (Lipinski definition) is 1. The number of aryl methyl sites for hydroxylation is 1. The zero-order chi connectivity index (χ0) is 12.6. The first-order valence-electron chi connectivity index (χ1n) is 5.74. The quantitative estimate of drug-likeness (QED) is 0.587. The van der Waals surface area contributed by atoms with Gasteiger partial charge in [0.2, 0.25) is 0 Å². The van der Waals surface area contributed by atoms with Crippen LogP contribution in [0.2, 0.25) is 0 Å². The Balaban J connectivity index is 2.66. The predicted octanol–water partition coefficient (Wildman–Crippen LogP) is 4.22. The van der Waals surface area contributed by atoms with Gasteiger partial charge in [-0.3, -0.25) is 0 Å². The van der Waals surface area contributed by atoms with Crippen molar-refractivity contribution in [3.05, 3.63) is 41.7 Å². The Morgan fingerprint density at radius 1 is 1.53 bits per heavy atom. The van der Waals surface area contributed by atoms with Crippen LogP contribution in [0.25, 0.3) is 11.0 Å². The Morgan fingerprint density at radius 2 is 2.24 bits per heavy atom. The molecule has 1 heterocycles. The minimum Gasteiger partial charge on any atom is -0.323 e. The normalized spacial score (nSPS) is 12.9. The van der Waals surface area contributed by atoms with Crippen molar-refractivity contribution in [2.75, 3.05) is 0 Å². The average molecular weight is 249 g/mol. The lowest BCUT2D eigenvalue weighted by molar-refractivity contribution is 0.734. The molecule has 1 atom stereocenters. The second kappa shape index (κ2) is 4.53. The van der Waals surface area contributed by atoms with Gasteiger partial charge in [-0.15, -0.1) is 11.6 Å². The molecule has 2 aromatic rings. The highest BCUT2D eigenvalue weighted by molar-refractivity contribution is 6.20. The monoisotopic (exact) mass is 248 g/mol. The maximum atomic E-state index is 6.19. The highest BCUT2D eigenvalue weighted by Gasteiger charge is 2.14. The van der Waals surface area contributed by atoms with Gasteiger partial charge in [0.15, 0.2) is 0 Å². The van der Waals surface area contributed by atoms with E-state index in [4.69, 9.17) is 11.6 Å². The third-order valence-corrected chi connectivity index (χ3v) is 2.91. The van der Waals surface area contributed by atoms with Crippen LogP contribution in [-0.2, 0) is 6.54 Å². The summed E-state index contributed by atoms with van der Waals surface area (Å²) >= 11 is 6.19. The van der Waals surface area contributed by atoms with Gasteiger partial charge in [-0.1, -0.05) is 18.2 Å². The van der Waals surface area contributed by atoms with E-state index in [0.29, 0.717) is 0 Å². The van der Waals surface area contributed by atoms with Crippen LogP contribution in [0.4, 0.5) is 0 Å². The number of imidazole rings is 1. The summed E-state index contributed by atoms with van der Waals surface area (Å²) < 4.78 is 2.15. The lowest BCUT2D eigenvalue weighted by Gasteiger charge is -2.10. The molecule has 0 spiro atoms. The molecule has 1 unspecified atom stereocenters. The fourth-order valence-corrected chi connectivity index (χ4v) is 2.16. The van der Waals surface area contributed by atoms with Gasteiger partial charge in [0.1, 0.15) is 5.82 Å². The molecule has 0 aliphatic heterocycles. The van der Waals surface area contributed by atoms with Crippen LogP contribution in [0, 0.1) is 6.92 Å². The molecule has 17 heavy (non-hydrogen) atoms. The molecule has 0 aliphatic carbocycles. The second-order valence-corrected chi connectivity index (χ2v) is 5.28. The van der Waals surface area contributed by atoms with Crippen LogP contribution in [0.3, 0.4) is 0 Å². The number of hydrogen-bond donors (Lipinski definition) is 0.